The molecule has 0 atom stereocenters. The molecule has 0 unspecified atom stereocenters. The van der Waals surface area contributed by atoms with Gasteiger partial charge in [0.25, 0.3) is 0 Å². The number of aryl methyl sites for hydroxylation is 1. The van der Waals surface area contributed by atoms with Gasteiger partial charge in [-0.2, -0.15) is 0 Å². The summed E-state index contributed by atoms with van der Waals surface area (Å²) >= 11 is 0. The fraction of sp³-hybridized carbons (Fsp3) is 0.588. The highest BCUT2D eigenvalue weighted by Gasteiger charge is 2.17. The SMILES string of the molecule is CC(=O)N(CCNS(=O)(=O)c1ccc(F)c(C)c1)CCN1CCOCC1. The Labute approximate surface area is 154 Å². The van der Waals surface area contributed by atoms with E-state index in [9.17, 15) is 17.6 Å². The minimum atomic E-state index is -3.74. The van der Waals surface area contributed by atoms with Crippen LogP contribution in [-0.2, 0) is 19.6 Å². The molecule has 1 saturated heterocycles. The summed E-state index contributed by atoms with van der Waals surface area (Å²) in [6, 6.07) is 3.65. The molecule has 146 valence electrons. The number of carbonyl (C=O) groups excluding carboxylic acids is 1. The van der Waals surface area contributed by atoms with Crippen LogP contribution < -0.4 is 4.72 Å². The van der Waals surface area contributed by atoms with Crippen LogP contribution in [0.25, 0.3) is 0 Å². The number of rotatable bonds is 8. The summed E-state index contributed by atoms with van der Waals surface area (Å²) in [4.78, 5) is 15.6. The molecule has 0 aromatic heterocycles. The number of nitrogens with zero attached hydrogens (tertiary/aromatic N) is 2. The molecular weight excluding hydrogens is 361 g/mol. The topological polar surface area (TPSA) is 79.0 Å². The molecule has 1 aliphatic heterocycles. The molecule has 1 aromatic carbocycles. The molecule has 0 radical (unpaired) electrons. The molecule has 1 amide bonds. The maximum atomic E-state index is 13.3. The quantitative estimate of drug-likeness (QED) is 0.707. The molecule has 7 nitrogen and oxygen atoms in total. The Bertz CT molecular complexity index is 721. The molecule has 1 fully saturated rings. The van der Waals surface area contributed by atoms with Gasteiger partial charge in [0.1, 0.15) is 5.82 Å². The first-order valence-corrected chi connectivity index (χ1v) is 10.1. The van der Waals surface area contributed by atoms with Crippen LogP contribution in [0.5, 0.6) is 0 Å². The number of ether oxygens (including phenoxy) is 1. The fourth-order valence-electron chi connectivity index (χ4n) is 2.70. The monoisotopic (exact) mass is 387 g/mol. The van der Waals surface area contributed by atoms with Crippen molar-refractivity contribution in [3.63, 3.8) is 0 Å². The molecule has 9 heteroatoms. The first kappa shape index (κ1) is 20.8. The van der Waals surface area contributed by atoms with Gasteiger partial charge in [-0.1, -0.05) is 0 Å². The summed E-state index contributed by atoms with van der Waals surface area (Å²) in [6.07, 6.45) is 0. The standard InChI is InChI=1S/C17H26FN3O4S/c1-14-13-16(3-4-17(14)18)26(23,24)19-5-6-21(15(2)22)8-7-20-9-11-25-12-10-20/h3-4,13,19H,5-12H2,1-2H3. The fourth-order valence-corrected chi connectivity index (χ4v) is 3.80. The maximum Gasteiger partial charge on any atom is 0.240 e. The predicted molar refractivity (Wildman–Crippen MR) is 95.8 cm³/mol. The number of morpholine rings is 1. The van der Waals surface area contributed by atoms with Crippen molar-refractivity contribution in [1.82, 2.24) is 14.5 Å². The second-order valence-corrected chi connectivity index (χ2v) is 8.04. The first-order chi connectivity index (χ1) is 12.3. The molecule has 0 saturated carbocycles. The minimum Gasteiger partial charge on any atom is -0.379 e. The Kier molecular flexibility index (Phi) is 7.51. The van der Waals surface area contributed by atoms with Gasteiger partial charge in [-0.3, -0.25) is 9.69 Å². The third-order valence-electron chi connectivity index (χ3n) is 4.35. The van der Waals surface area contributed by atoms with Crippen molar-refractivity contribution in [1.29, 1.82) is 0 Å². The highest BCUT2D eigenvalue weighted by atomic mass is 32.2. The van der Waals surface area contributed by atoms with Crippen molar-refractivity contribution in [2.75, 3.05) is 52.5 Å². The van der Waals surface area contributed by atoms with E-state index in [0.29, 0.717) is 19.8 Å². The van der Waals surface area contributed by atoms with Crippen molar-refractivity contribution in [3.8, 4) is 0 Å². The van der Waals surface area contributed by atoms with Crippen molar-refractivity contribution in [2.24, 2.45) is 0 Å². The summed E-state index contributed by atoms with van der Waals surface area (Å²) in [5.41, 5.74) is 0.267. The van der Waals surface area contributed by atoms with Gasteiger partial charge in [-0.25, -0.2) is 17.5 Å². The number of hydrogen-bond donors (Lipinski definition) is 1. The smallest absolute Gasteiger partial charge is 0.240 e. The van der Waals surface area contributed by atoms with Crippen LogP contribution in [0.1, 0.15) is 12.5 Å². The molecular formula is C17H26FN3O4S. The van der Waals surface area contributed by atoms with Crippen LogP contribution in [0.3, 0.4) is 0 Å². The Morgan fingerprint density at radius 1 is 1.31 bits per heavy atom. The van der Waals surface area contributed by atoms with Crippen LogP contribution in [-0.4, -0.2) is 76.6 Å². The van der Waals surface area contributed by atoms with E-state index in [4.69, 9.17) is 4.74 Å². The third-order valence-corrected chi connectivity index (χ3v) is 5.81. The Morgan fingerprint density at radius 2 is 2.00 bits per heavy atom. The molecule has 1 aliphatic rings. The van der Waals surface area contributed by atoms with E-state index >= 15 is 0 Å². The number of carbonyl (C=O) groups is 1. The van der Waals surface area contributed by atoms with Gasteiger partial charge in [0.2, 0.25) is 15.9 Å². The second-order valence-electron chi connectivity index (χ2n) is 6.27. The lowest BCUT2D eigenvalue weighted by atomic mass is 10.2. The van der Waals surface area contributed by atoms with Gasteiger partial charge in [-0.15, -0.1) is 0 Å². The molecule has 0 bridgehead atoms. The van der Waals surface area contributed by atoms with Crippen molar-refractivity contribution >= 4 is 15.9 Å². The molecule has 0 spiro atoms. The number of amides is 1. The molecule has 1 heterocycles. The van der Waals surface area contributed by atoms with Crippen LogP contribution in [0, 0.1) is 12.7 Å². The van der Waals surface area contributed by atoms with Crippen LogP contribution in [0.2, 0.25) is 0 Å². The zero-order valence-electron chi connectivity index (χ0n) is 15.2. The number of nitrogens with one attached hydrogen (secondary N) is 1. The van der Waals surface area contributed by atoms with Gasteiger partial charge in [-0.05, 0) is 30.7 Å². The van der Waals surface area contributed by atoms with Gasteiger partial charge < -0.3 is 9.64 Å². The Morgan fingerprint density at radius 3 is 2.62 bits per heavy atom. The van der Waals surface area contributed by atoms with E-state index in [-0.39, 0.29) is 29.5 Å². The zero-order valence-corrected chi connectivity index (χ0v) is 16.0. The number of hydrogen-bond acceptors (Lipinski definition) is 5. The van der Waals surface area contributed by atoms with E-state index in [1.807, 2.05) is 0 Å². The average molecular weight is 387 g/mol. The van der Waals surface area contributed by atoms with Gasteiger partial charge in [0.15, 0.2) is 0 Å². The van der Waals surface area contributed by atoms with Crippen LogP contribution in [0.4, 0.5) is 4.39 Å². The summed E-state index contributed by atoms with van der Waals surface area (Å²) in [5.74, 6) is -0.551. The maximum absolute atomic E-state index is 13.3. The summed E-state index contributed by atoms with van der Waals surface area (Å²) in [7, 11) is -3.74. The Balaban J connectivity index is 1.85. The van der Waals surface area contributed by atoms with E-state index in [1.54, 1.807) is 4.90 Å². The lowest BCUT2D eigenvalue weighted by molar-refractivity contribution is -0.129. The number of benzene rings is 1. The van der Waals surface area contributed by atoms with Gasteiger partial charge in [0.05, 0.1) is 18.1 Å². The molecule has 0 aliphatic carbocycles. The van der Waals surface area contributed by atoms with E-state index in [2.05, 4.69) is 9.62 Å². The molecule has 26 heavy (non-hydrogen) atoms. The van der Waals surface area contributed by atoms with E-state index < -0.39 is 15.8 Å². The third kappa shape index (κ3) is 6.01. The van der Waals surface area contributed by atoms with Crippen LogP contribution >= 0.6 is 0 Å². The number of halogens is 1. The van der Waals surface area contributed by atoms with E-state index in [1.165, 1.54) is 26.0 Å². The second kappa shape index (κ2) is 9.40. The lowest BCUT2D eigenvalue weighted by Crippen LogP contribution is -2.44. The van der Waals surface area contributed by atoms with Gasteiger partial charge >= 0.3 is 0 Å². The van der Waals surface area contributed by atoms with Crippen LogP contribution in [0.15, 0.2) is 23.1 Å². The molecule has 1 aromatic rings. The Hall–Kier alpha value is -1.55. The molecule has 2 rings (SSSR count). The highest BCUT2D eigenvalue weighted by Crippen LogP contribution is 2.13. The van der Waals surface area contributed by atoms with Gasteiger partial charge in [0, 0.05) is 46.2 Å². The highest BCUT2D eigenvalue weighted by molar-refractivity contribution is 7.89. The zero-order chi connectivity index (χ0) is 19.2. The largest absolute Gasteiger partial charge is 0.379 e. The summed E-state index contributed by atoms with van der Waals surface area (Å²) in [5, 5.41) is 0. The van der Waals surface area contributed by atoms with Crippen molar-refractivity contribution < 1.29 is 22.3 Å². The van der Waals surface area contributed by atoms with Crippen molar-refractivity contribution in [3.05, 3.63) is 29.6 Å². The first-order valence-electron chi connectivity index (χ1n) is 8.61. The summed E-state index contributed by atoms with van der Waals surface area (Å²) in [6.45, 7) is 7.67. The lowest BCUT2D eigenvalue weighted by Gasteiger charge is -2.29. The van der Waals surface area contributed by atoms with E-state index in [0.717, 1.165) is 25.7 Å². The number of sulfonamides is 1. The molecule has 1 N–H and O–H groups in total. The normalized spacial score (nSPS) is 15.8. The summed E-state index contributed by atoms with van der Waals surface area (Å²) < 4.78 is 45.6. The predicted octanol–water partition coefficient (Wildman–Crippen LogP) is 0.593. The van der Waals surface area contributed by atoms with Crippen molar-refractivity contribution in [2.45, 2.75) is 18.7 Å². The minimum absolute atomic E-state index is 0.0130. The average Bonchev–Trinajstić information content (AvgIpc) is 2.60.